The van der Waals surface area contributed by atoms with E-state index in [1.165, 1.54) is 25.9 Å². The lowest BCUT2D eigenvalue weighted by molar-refractivity contribution is 0.352. The van der Waals surface area contributed by atoms with Crippen LogP contribution < -0.4 is 10.6 Å². The van der Waals surface area contributed by atoms with Crippen LogP contribution in [-0.2, 0) is 0 Å². The number of aromatic amines is 1. The van der Waals surface area contributed by atoms with Gasteiger partial charge in [-0.3, -0.25) is 5.10 Å². The Labute approximate surface area is 169 Å². The molecule has 29 heavy (non-hydrogen) atoms. The van der Waals surface area contributed by atoms with Crippen LogP contribution in [0.5, 0.6) is 0 Å². The van der Waals surface area contributed by atoms with Crippen molar-refractivity contribution in [1.82, 2.24) is 25.1 Å². The van der Waals surface area contributed by atoms with Gasteiger partial charge >= 0.3 is 0 Å². The van der Waals surface area contributed by atoms with E-state index >= 15 is 0 Å². The molecular weight excluding hydrogens is 362 g/mol. The molecule has 0 atom stereocenters. The molecule has 1 saturated heterocycles. The summed E-state index contributed by atoms with van der Waals surface area (Å²) >= 11 is 0. The topological polar surface area (TPSA) is 81.8 Å². The molecule has 2 aromatic heterocycles. The number of benzene rings is 2. The molecule has 1 aliphatic heterocycles. The van der Waals surface area contributed by atoms with Crippen molar-refractivity contribution in [2.75, 3.05) is 36.8 Å². The molecule has 0 amide bonds. The molecule has 0 unspecified atom stereocenters. The molecule has 0 aliphatic carbocycles. The first-order chi connectivity index (χ1) is 14.3. The lowest BCUT2D eigenvalue weighted by Crippen LogP contribution is -2.26. The second kappa shape index (κ2) is 7.67. The first-order valence-corrected chi connectivity index (χ1v) is 10.2. The molecule has 0 spiro atoms. The molecule has 4 aromatic rings. The Morgan fingerprint density at radius 1 is 1.07 bits per heavy atom. The van der Waals surface area contributed by atoms with Gasteiger partial charge in [0, 0.05) is 41.4 Å². The van der Waals surface area contributed by atoms with E-state index in [1.54, 1.807) is 0 Å². The highest BCUT2D eigenvalue weighted by Crippen LogP contribution is 2.26. The molecule has 7 nitrogen and oxygen atoms in total. The molecule has 1 aliphatic rings. The number of nitrogens with one attached hydrogen (secondary N) is 3. The number of anilines is 3. The molecule has 5 rings (SSSR count). The van der Waals surface area contributed by atoms with Crippen molar-refractivity contribution in [3.8, 4) is 0 Å². The van der Waals surface area contributed by atoms with Crippen molar-refractivity contribution < 1.29 is 0 Å². The van der Waals surface area contributed by atoms with Gasteiger partial charge in [0.05, 0.1) is 17.2 Å². The summed E-state index contributed by atoms with van der Waals surface area (Å²) in [6, 6.07) is 10.3. The molecule has 0 bridgehead atoms. The number of fused-ring (bicyclic) bond motifs is 2. The summed E-state index contributed by atoms with van der Waals surface area (Å²) in [5.41, 5.74) is 5.17. The van der Waals surface area contributed by atoms with E-state index in [-0.39, 0.29) is 0 Å². The van der Waals surface area contributed by atoms with Crippen LogP contribution in [0, 0.1) is 6.92 Å². The van der Waals surface area contributed by atoms with Crippen LogP contribution in [-0.4, -0.2) is 51.2 Å². The molecule has 0 radical (unpaired) electrons. The first kappa shape index (κ1) is 17.9. The van der Waals surface area contributed by atoms with Gasteiger partial charge in [-0.2, -0.15) is 5.10 Å². The monoisotopic (exact) mass is 387 g/mol. The maximum atomic E-state index is 4.79. The Balaban J connectivity index is 1.35. The molecule has 7 heteroatoms. The summed E-state index contributed by atoms with van der Waals surface area (Å²) in [5, 5.41) is 16.1. The fourth-order valence-corrected chi connectivity index (χ4v) is 3.99. The predicted molar refractivity (Wildman–Crippen MR) is 118 cm³/mol. The van der Waals surface area contributed by atoms with Crippen LogP contribution >= 0.6 is 0 Å². The number of H-pyrrole nitrogens is 1. The number of nitrogens with zero attached hydrogens (tertiary/aromatic N) is 4. The Bertz CT molecular complexity index is 1140. The Morgan fingerprint density at radius 3 is 2.83 bits per heavy atom. The van der Waals surface area contributed by atoms with Gasteiger partial charge in [-0.05, 0) is 68.8 Å². The second-order valence-electron chi connectivity index (χ2n) is 7.64. The summed E-state index contributed by atoms with van der Waals surface area (Å²) < 4.78 is 0. The minimum atomic E-state index is 0.591. The van der Waals surface area contributed by atoms with Crippen LogP contribution in [0.1, 0.15) is 18.4 Å². The second-order valence-corrected chi connectivity index (χ2v) is 7.64. The summed E-state index contributed by atoms with van der Waals surface area (Å²) in [5.74, 6) is 0.591. The number of aromatic nitrogens is 4. The van der Waals surface area contributed by atoms with Crippen molar-refractivity contribution in [3.63, 3.8) is 0 Å². The van der Waals surface area contributed by atoms with Gasteiger partial charge in [0.15, 0.2) is 0 Å². The van der Waals surface area contributed by atoms with Gasteiger partial charge in [0.1, 0.15) is 0 Å². The average Bonchev–Trinajstić information content (AvgIpc) is 3.41. The molecule has 1 fully saturated rings. The van der Waals surface area contributed by atoms with Gasteiger partial charge in [0.2, 0.25) is 5.95 Å². The van der Waals surface area contributed by atoms with Crippen molar-refractivity contribution in [2.24, 2.45) is 0 Å². The largest absolute Gasteiger partial charge is 0.383 e. The number of aryl methyl sites for hydroxylation is 1. The van der Waals surface area contributed by atoms with Crippen LogP contribution in [0.2, 0.25) is 0 Å². The minimum Gasteiger partial charge on any atom is -0.383 e. The lowest BCUT2D eigenvalue weighted by atomic mass is 10.1. The van der Waals surface area contributed by atoms with Crippen molar-refractivity contribution in [3.05, 3.63) is 48.3 Å². The molecule has 148 valence electrons. The highest BCUT2D eigenvalue weighted by Gasteiger charge is 2.11. The zero-order valence-corrected chi connectivity index (χ0v) is 16.6. The standard InChI is InChI=1S/C22H25N7/c1-15-19(23-8-11-29-9-2-3-10-29)7-5-17-13-24-22(27-21(15)17)26-18-6-4-16-14-25-28-20(16)12-18/h4-7,12-14,23H,2-3,8-11H2,1H3,(H,25,28)(H,24,26,27). The van der Waals surface area contributed by atoms with E-state index in [2.05, 4.69) is 49.8 Å². The predicted octanol–water partition coefficient (Wildman–Crippen LogP) is 4.07. The highest BCUT2D eigenvalue weighted by atomic mass is 15.2. The fraction of sp³-hybridized carbons (Fsp3) is 0.318. The van der Waals surface area contributed by atoms with Gasteiger partial charge in [-0.1, -0.05) is 0 Å². The number of hydrogen-bond acceptors (Lipinski definition) is 6. The van der Waals surface area contributed by atoms with Crippen LogP contribution in [0.15, 0.2) is 42.7 Å². The van der Waals surface area contributed by atoms with Crippen molar-refractivity contribution in [2.45, 2.75) is 19.8 Å². The third kappa shape index (κ3) is 3.73. The van der Waals surface area contributed by atoms with E-state index in [9.17, 15) is 0 Å². The third-order valence-corrected chi connectivity index (χ3v) is 5.65. The smallest absolute Gasteiger partial charge is 0.227 e. The first-order valence-electron chi connectivity index (χ1n) is 10.2. The van der Waals surface area contributed by atoms with Gasteiger partial charge in [-0.15, -0.1) is 0 Å². The Hall–Kier alpha value is -3.19. The summed E-state index contributed by atoms with van der Waals surface area (Å²) in [6.45, 7) is 6.61. The normalized spacial score (nSPS) is 14.7. The van der Waals surface area contributed by atoms with E-state index in [1.807, 2.05) is 30.6 Å². The molecule has 0 saturated carbocycles. The van der Waals surface area contributed by atoms with E-state index in [0.717, 1.165) is 51.8 Å². The van der Waals surface area contributed by atoms with Crippen LogP contribution in [0.25, 0.3) is 21.8 Å². The van der Waals surface area contributed by atoms with Crippen molar-refractivity contribution >= 4 is 39.1 Å². The average molecular weight is 387 g/mol. The Kier molecular flexibility index (Phi) is 4.73. The Morgan fingerprint density at radius 2 is 1.93 bits per heavy atom. The van der Waals surface area contributed by atoms with E-state index in [4.69, 9.17) is 4.98 Å². The summed E-state index contributed by atoms with van der Waals surface area (Å²) in [4.78, 5) is 11.8. The zero-order valence-electron chi connectivity index (χ0n) is 16.6. The molecule has 2 aromatic carbocycles. The lowest BCUT2D eigenvalue weighted by Gasteiger charge is -2.17. The molecule has 3 heterocycles. The van der Waals surface area contributed by atoms with E-state index in [0.29, 0.717) is 5.95 Å². The minimum absolute atomic E-state index is 0.591. The third-order valence-electron chi connectivity index (χ3n) is 5.65. The number of rotatable bonds is 6. The highest BCUT2D eigenvalue weighted by molar-refractivity contribution is 5.87. The summed E-state index contributed by atoms with van der Waals surface area (Å²) in [7, 11) is 0. The SMILES string of the molecule is Cc1c(NCCN2CCCC2)ccc2cnc(Nc3ccc4cn[nH]c4c3)nc12. The number of hydrogen-bond donors (Lipinski definition) is 3. The quantitative estimate of drug-likeness (QED) is 0.463. The van der Waals surface area contributed by atoms with Gasteiger partial charge in [-0.25, -0.2) is 9.97 Å². The molecular formula is C22H25N7. The van der Waals surface area contributed by atoms with Gasteiger partial charge < -0.3 is 15.5 Å². The molecule has 3 N–H and O–H groups in total. The fourth-order valence-electron chi connectivity index (χ4n) is 3.99. The summed E-state index contributed by atoms with van der Waals surface area (Å²) in [6.07, 6.45) is 6.34. The van der Waals surface area contributed by atoms with Crippen molar-refractivity contribution in [1.29, 1.82) is 0 Å². The van der Waals surface area contributed by atoms with Crippen LogP contribution in [0.3, 0.4) is 0 Å². The maximum Gasteiger partial charge on any atom is 0.227 e. The van der Waals surface area contributed by atoms with E-state index < -0.39 is 0 Å². The van der Waals surface area contributed by atoms with Gasteiger partial charge in [0.25, 0.3) is 0 Å². The zero-order chi connectivity index (χ0) is 19.6. The number of likely N-dealkylation sites (tertiary alicyclic amines) is 1. The van der Waals surface area contributed by atoms with Crippen LogP contribution in [0.4, 0.5) is 17.3 Å². The maximum absolute atomic E-state index is 4.79.